The van der Waals surface area contributed by atoms with Crippen LogP contribution in [0, 0.1) is 12.7 Å². The van der Waals surface area contributed by atoms with E-state index in [2.05, 4.69) is 9.72 Å². The maximum Gasteiger partial charge on any atom is 0.387 e. The number of aromatic nitrogens is 2. The van der Waals surface area contributed by atoms with Gasteiger partial charge in [-0.15, -0.1) is 0 Å². The lowest BCUT2D eigenvalue weighted by atomic mass is 10.1. The molecule has 0 N–H and O–H groups in total. The number of benzene rings is 2. The largest absolute Gasteiger partial charge is 0.489 e. The number of ether oxygens (including phenoxy) is 2. The second-order valence-corrected chi connectivity index (χ2v) is 8.82. The second-order valence-electron chi connectivity index (χ2n) is 7.84. The third kappa shape index (κ3) is 6.39. The summed E-state index contributed by atoms with van der Waals surface area (Å²) < 4.78 is 48.8. The Kier molecular flexibility index (Phi) is 7.84. The third-order valence-corrected chi connectivity index (χ3v) is 6.44. The molecule has 0 fully saturated rings. The molecule has 36 heavy (non-hydrogen) atoms. The van der Waals surface area contributed by atoms with Crippen molar-refractivity contribution in [2.24, 2.45) is 0 Å². The fourth-order valence-corrected chi connectivity index (χ4v) is 4.43. The summed E-state index contributed by atoms with van der Waals surface area (Å²) in [6.07, 6.45) is 2.23. The number of carbonyl (C=O) groups excluding carboxylic acids is 1. The minimum atomic E-state index is -2.89. The zero-order chi connectivity index (χ0) is 25.7. The topological polar surface area (TPSA) is 70.4 Å². The highest BCUT2D eigenvalue weighted by Gasteiger charge is 2.17. The molecule has 0 saturated heterocycles. The second kappa shape index (κ2) is 11.2. The van der Waals surface area contributed by atoms with Gasteiger partial charge in [-0.25, -0.2) is 9.37 Å². The Hall–Kier alpha value is -3.92. The summed E-state index contributed by atoms with van der Waals surface area (Å²) in [7, 11) is 0. The summed E-state index contributed by atoms with van der Waals surface area (Å²) in [5.41, 5.74) is 1.72. The smallest absolute Gasteiger partial charge is 0.387 e. The first-order valence-corrected chi connectivity index (χ1v) is 11.7. The van der Waals surface area contributed by atoms with Crippen LogP contribution in [-0.4, -0.2) is 21.9 Å². The number of ketones is 1. The summed E-state index contributed by atoms with van der Waals surface area (Å²) >= 11 is 1.13. The molecule has 0 unspecified atom stereocenters. The number of halogens is 3. The van der Waals surface area contributed by atoms with E-state index in [1.807, 2.05) is 0 Å². The van der Waals surface area contributed by atoms with Crippen LogP contribution >= 0.6 is 11.3 Å². The standard InChI is InChI=1S/C26H21F3N2O4S/c1-16-24(22(32)11-6-17-2-7-19(27)8-3-17)36-26(30-16)31-13-12-21(14-23(31)33)34-15-18-4-9-20(10-5-18)35-25(28)29/h2-5,7-10,12-14,25H,6,11,15H2,1H3. The van der Waals surface area contributed by atoms with Crippen LogP contribution in [0.25, 0.3) is 5.13 Å². The molecule has 0 aliphatic heterocycles. The minimum Gasteiger partial charge on any atom is -0.489 e. The maximum atomic E-state index is 13.1. The van der Waals surface area contributed by atoms with Crippen molar-refractivity contribution in [2.75, 3.05) is 0 Å². The molecule has 186 valence electrons. The van der Waals surface area contributed by atoms with E-state index >= 15 is 0 Å². The van der Waals surface area contributed by atoms with E-state index in [0.29, 0.717) is 33.4 Å². The van der Waals surface area contributed by atoms with E-state index in [1.165, 1.54) is 41.1 Å². The van der Waals surface area contributed by atoms with Crippen LogP contribution in [-0.2, 0) is 13.0 Å². The predicted octanol–water partition coefficient (Wildman–Crippen LogP) is 5.74. The van der Waals surface area contributed by atoms with E-state index in [-0.39, 0.29) is 35.9 Å². The van der Waals surface area contributed by atoms with Crippen molar-refractivity contribution in [1.82, 2.24) is 9.55 Å². The van der Waals surface area contributed by atoms with Gasteiger partial charge in [0.1, 0.15) is 23.9 Å². The van der Waals surface area contributed by atoms with E-state index in [9.17, 15) is 22.8 Å². The van der Waals surface area contributed by atoms with E-state index in [0.717, 1.165) is 16.9 Å². The molecule has 10 heteroatoms. The number of rotatable bonds is 10. The molecule has 0 saturated carbocycles. The molecule has 4 rings (SSSR count). The Labute approximate surface area is 208 Å². The van der Waals surface area contributed by atoms with Crippen LogP contribution in [0.4, 0.5) is 13.2 Å². The molecular weight excluding hydrogens is 493 g/mol. The number of pyridine rings is 1. The van der Waals surface area contributed by atoms with Gasteiger partial charge in [0.2, 0.25) is 0 Å². The van der Waals surface area contributed by atoms with Gasteiger partial charge in [0, 0.05) is 18.7 Å². The molecule has 6 nitrogen and oxygen atoms in total. The molecular formula is C26H21F3N2O4S. The number of hydrogen-bond donors (Lipinski definition) is 0. The van der Waals surface area contributed by atoms with Gasteiger partial charge < -0.3 is 9.47 Å². The van der Waals surface area contributed by atoms with Crippen molar-refractivity contribution in [2.45, 2.75) is 33.0 Å². The predicted molar refractivity (Wildman–Crippen MR) is 129 cm³/mol. The molecule has 2 aromatic carbocycles. The zero-order valence-corrected chi connectivity index (χ0v) is 19.9. The van der Waals surface area contributed by atoms with Crippen molar-refractivity contribution < 1.29 is 27.4 Å². The average Bonchev–Trinajstić information content (AvgIpc) is 3.24. The van der Waals surface area contributed by atoms with E-state index in [4.69, 9.17) is 4.74 Å². The van der Waals surface area contributed by atoms with Crippen LogP contribution < -0.4 is 15.0 Å². The Morgan fingerprint density at radius 3 is 2.39 bits per heavy atom. The number of hydrogen-bond acceptors (Lipinski definition) is 6. The van der Waals surface area contributed by atoms with Gasteiger partial charge in [-0.3, -0.25) is 14.2 Å². The van der Waals surface area contributed by atoms with Gasteiger partial charge >= 0.3 is 6.61 Å². The molecule has 0 bridgehead atoms. The molecule has 4 aromatic rings. The molecule has 0 radical (unpaired) electrons. The molecule has 2 aromatic heterocycles. The normalized spacial score (nSPS) is 11.0. The number of alkyl halides is 2. The van der Waals surface area contributed by atoms with Crippen molar-refractivity contribution in [1.29, 1.82) is 0 Å². The number of Topliss-reactive ketones (excluding diaryl/α,β-unsaturated/α-hetero) is 1. The van der Waals surface area contributed by atoms with Crippen LogP contribution in [0.15, 0.2) is 71.7 Å². The molecule has 0 amide bonds. The highest BCUT2D eigenvalue weighted by Crippen LogP contribution is 2.24. The number of aryl methyl sites for hydroxylation is 2. The average molecular weight is 515 g/mol. The lowest BCUT2D eigenvalue weighted by Crippen LogP contribution is -2.16. The highest BCUT2D eigenvalue weighted by molar-refractivity contribution is 7.16. The maximum absolute atomic E-state index is 13.1. The van der Waals surface area contributed by atoms with E-state index < -0.39 is 6.61 Å². The van der Waals surface area contributed by atoms with Crippen LogP contribution in [0.1, 0.15) is 32.9 Å². The molecule has 0 spiro atoms. The van der Waals surface area contributed by atoms with Gasteiger partial charge in [-0.1, -0.05) is 35.6 Å². The first kappa shape index (κ1) is 25.2. The van der Waals surface area contributed by atoms with Crippen molar-refractivity contribution in [3.63, 3.8) is 0 Å². The Morgan fingerprint density at radius 2 is 1.72 bits per heavy atom. The molecule has 0 aliphatic carbocycles. The lowest BCUT2D eigenvalue weighted by molar-refractivity contribution is -0.0498. The number of thiazole rings is 1. The highest BCUT2D eigenvalue weighted by atomic mass is 32.1. The van der Waals surface area contributed by atoms with Gasteiger partial charge in [-0.05, 0) is 54.8 Å². The van der Waals surface area contributed by atoms with Gasteiger partial charge in [0.15, 0.2) is 10.9 Å². The van der Waals surface area contributed by atoms with Crippen molar-refractivity contribution >= 4 is 17.1 Å². The third-order valence-electron chi connectivity index (χ3n) is 5.24. The van der Waals surface area contributed by atoms with Crippen LogP contribution in [0.2, 0.25) is 0 Å². The molecule has 0 atom stereocenters. The Morgan fingerprint density at radius 1 is 1.03 bits per heavy atom. The van der Waals surface area contributed by atoms with Gasteiger partial charge in [0.25, 0.3) is 5.56 Å². The summed E-state index contributed by atoms with van der Waals surface area (Å²) in [4.78, 5) is 30.3. The first-order chi connectivity index (χ1) is 17.3. The fourth-order valence-electron chi connectivity index (χ4n) is 3.41. The lowest BCUT2D eigenvalue weighted by Gasteiger charge is -2.08. The summed E-state index contributed by atoms with van der Waals surface area (Å²) in [6, 6.07) is 14.9. The molecule has 2 heterocycles. The first-order valence-electron chi connectivity index (χ1n) is 10.9. The summed E-state index contributed by atoms with van der Waals surface area (Å²) in [6.45, 7) is -1.05. The molecule has 0 aliphatic rings. The minimum absolute atomic E-state index is 0.0448. The zero-order valence-electron chi connectivity index (χ0n) is 19.1. The van der Waals surface area contributed by atoms with Crippen molar-refractivity contribution in [3.8, 4) is 16.6 Å². The van der Waals surface area contributed by atoms with E-state index in [1.54, 1.807) is 37.3 Å². The monoisotopic (exact) mass is 514 g/mol. The Balaban J connectivity index is 1.39. The van der Waals surface area contributed by atoms with Gasteiger partial charge in [0.05, 0.1) is 10.6 Å². The van der Waals surface area contributed by atoms with Crippen molar-refractivity contribution in [3.05, 3.63) is 105 Å². The number of nitrogens with zero attached hydrogens (tertiary/aromatic N) is 2. The SMILES string of the molecule is Cc1nc(-n2ccc(OCc3ccc(OC(F)F)cc3)cc2=O)sc1C(=O)CCc1ccc(F)cc1. The quantitative estimate of drug-likeness (QED) is 0.253. The van der Waals surface area contributed by atoms with Crippen LogP contribution in [0.3, 0.4) is 0 Å². The summed E-state index contributed by atoms with van der Waals surface area (Å²) in [5.74, 6) is -0.0544. The van der Waals surface area contributed by atoms with Crippen LogP contribution in [0.5, 0.6) is 11.5 Å². The van der Waals surface area contributed by atoms with Gasteiger partial charge in [-0.2, -0.15) is 8.78 Å². The summed E-state index contributed by atoms with van der Waals surface area (Å²) in [5, 5.41) is 0.365. The number of carbonyl (C=O) groups is 1. The fraction of sp³-hybridized carbons (Fsp3) is 0.192. The Bertz CT molecular complexity index is 1400.